The summed E-state index contributed by atoms with van der Waals surface area (Å²) in [5.74, 6) is 0.508. The molecule has 0 aliphatic heterocycles. The van der Waals surface area contributed by atoms with Gasteiger partial charge >= 0.3 is 5.69 Å². The largest absolute Gasteiger partial charge is 0.323 e. The van der Waals surface area contributed by atoms with Crippen molar-refractivity contribution in [1.82, 2.24) is 9.97 Å². The number of rotatable bonds is 3. The number of halogens is 1. The molecule has 0 saturated heterocycles. The number of fused-ring (bicyclic) bond motifs is 1. The second-order valence-electron chi connectivity index (χ2n) is 5.57. The van der Waals surface area contributed by atoms with Gasteiger partial charge in [-0.05, 0) is 34.7 Å². The van der Waals surface area contributed by atoms with Gasteiger partial charge in [0, 0.05) is 0 Å². The van der Waals surface area contributed by atoms with Gasteiger partial charge < -0.3 is 9.97 Å². The monoisotopic (exact) mass is 300 g/mol. The molecule has 4 heteroatoms. The predicted octanol–water partition coefficient (Wildman–Crippen LogP) is 4.31. The third-order valence-electron chi connectivity index (χ3n) is 3.73. The minimum atomic E-state index is -0.228. The molecule has 21 heavy (non-hydrogen) atoms. The molecular weight excluding hydrogens is 284 g/mol. The van der Waals surface area contributed by atoms with E-state index in [1.807, 2.05) is 18.2 Å². The number of hydrogen-bond donors (Lipinski definition) is 2. The predicted molar refractivity (Wildman–Crippen MR) is 87.1 cm³/mol. The lowest BCUT2D eigenvalue weighted by Crippen LogP contribution is -1.99. The van der Waals surface area contributed by atoms with E-state index in [0.717, 1.165) is 22.2 Å². The fraction of sp³-hybridized carbons (Fsp3) is 0.235. The van der Waals surface area contributed by atoms with Gasteiger partial charge in [-0.2, -0.15) is 0 Å². The molecule has 3 rings (SSSR count). The first-order chi connectivity index (χ1) is 10.0. The summed E-state index contributed by atoms with van der Waals surface area (Å²) < 4.78 is 0. The zero-order chi connectivity index (χ0) is 15.0. The quantitative estimate of drug-likeness (QED) is 0.696. The molecule has 0 fully saturated rings. The summed E-state index contributed by atoms with van der Waals surface area (Å²) in [5.41, 5.74) is 4.70. The molecule has 2 N–H and O–H groups in total. The Balaban J connectivity index is 1.95. The third-order valence-corrected chi connectivity index (χ3v) is 4.23. The highest BCUT2D eigenvalue weighted by Crippen LogP contribution is 2.30. The molecule has 2 aromatic carbocycles. The lowest BCUT2D eigenvalue weighted by atomic mass is 9.98. The molecule has 0 bridgehead atoms. The van der Waals surface area contributed by atoms with E-state index in [2.05, 4.69) is 48.1 Å². The van der Waals surface area contributed by atoms with Crippen LogP contribution in [0.15, 0.2) is 47.3 Å². The Labute approximate surface area is 128 Å². The van der Waals surface area contributed by atoms with Crippen molar-refractivity contribution in [1.29, 1.82) is 0 Å². The first-order valence-corrected chi connectivity index (χ1v) is 7.44. The minimum Gasteiger partial charge on any atom is -0.306 e. The summed E-state index contributed by atoms with van der Waals surface area (Å²) in [6, 6.07) is 14.1. The van der Waals surface area contributed by atoms with Gasteiger partial charge in [-0.1, -0.05) is 44.2 Å². The number of nitrogens with one attached hydrogen (secondary N) is 2. The van der Waals surface area contributed by atoms with Crippen molar-refractivity contribution in [2.75, 3.05) is 0 Å². The molecule has 0 spiro atoms. The van der Waals surface area contributed by atoms with E-state index < -0.39 is 0 Å². The zero-order valence-corrected chi connectivity index (χ0v) is 12.7. The van der Waals surface area contributed by atoms with Crippen molar-refractivity contribution in [3.63, 3.8) is 0 Å². The Kier molecular flexibility index (Phi) is 3.60. The van der Waals surface area contributed by atoms with Crippen LogP contribution in [0.3, 0.4) is 0 Å². The molecule has 1 atom stereocenters. The average molecular weight is 301 g/mol. The maximum atomic E-state index is 11.3. The zero-order valence-electron chi connectivity index (χ0n) is 12.0. The van der Waals surface area contributed by atoms with Crippen molar-refractivity contribution >= 4 is 22.6 Å². The lowest BCUT2D eigenvalue weighted by Gasteiger charge is -2.12. The molecule has 0 amide bonds. The van der Waals surface area contributed by atoms with E-state index >= 15 is 0 Å². The molecule has 0 aliphatic rings. The van der Waals surface area contributed by atoms with Crippen LogP contribution in [0.2, 0.25) is 0 Å². The third kappa shape index (κ3) is 2.74. The molecule has 108 valence electrons. The summed E-state index contributed by atoms with van der Waals surface area (Å²) in [5, 5.41) is -0.228. The highest BCUT2D eigenvalue weighted by molar-refractivity contribution is 6.22. The van der Waals surface area contributed by atoms with Crippen LogP contribution in [0.25, 0.3) is 11.0 Å². The SMILES string of the molecule is CC(C)c1ccc(C(Cl)c2ccc3[nH]c(=O)[nH]c3c2)cc1. The standard InChI is InChI=1S/C17H17ClN2O/c1-10(2)11-3-5-12(6-4-11)16(18)13-7-8-14-15(9-13)20-17(21)19-14/h3-10,16H,1-2H3,(H2,19,20,21). The Morgan fingerprint density at radius 3 is 2.10 bits per heavy atom. The molecule has 0 radical (unpaired) electrons. The van der Waals surface area contributed by atoms with Gasteiger partial charge in [-0.15, -0.1) is 11.6 Å². The number of aromatic nitrogens is 2. The van der Waals surface area contributed by atoms with Crippen LogP contribution >= 0.6 is 11.6 Å². The second-order valence-corrected chi connectivity index (χ2v) is 6.00. The molecule has 0 aliphatic carbocycles. The molecule has 1 heterocycles. The van der Waals surface area contributed by atoms with E-state index in [4.69, 9.17) is 11.6 Å². The highest BCUT2D eigenvalue weighted by Gasteiger charge is 2.12. The Morgan fingerprint density at radius 2 is 1.43 bits per heavy atom. The van der Waals surface area contributed by atoms with Crippen LogP contribution in [-0.2, 0) is 0 Å². The summed E-state index contributed by atoms with van der Waals surface area (Å²) in [7, 11) is 0. The summed E-state index contributed by atoms with van der Waals surface area (Å²) >= 11 is 6.57. The van der Waals surface area contributed by atoms with Crippen LogP contribution in [0, 0.1) is 0 Å². The van der Waals surface area contributed by atoms with Gasteiger partial charge in [0.05, 0.1) is 16.4 Å². The molecule has 1 aromatic heterocycles. The normalized spacial score (nSPS) is 13.0. The smallest absolute Gasteiger partial charge is 0.306 e. The average Bonchev–Trinajstić information content (AvgIpc) is 2.85. The van der Waals surface area contributed by atoms with E-state index in [1.54, 1.807) is 0 Å². The van der Waals surface area contributed by atoms with E-state index in [9.17, 15) is 4.79 Å². The molecule has 3 aromatic rings. The first kappa shape index (κ1) is 14.0. The van der Waals surface area contributed by atoms with E-state index in [-0.39, 0.29) is 11.1 Å². The number of imidazole rings is 1. The highest BCUT2D eigenvalue weighted by atomic mass is 35.5. The van der Waals surface area contributed by atoms with Crippen LogP contribution in [0.1, 0.15) is 41.8 Å². The number of alkyl halides is 1. The fourth-order valence-corrected chi connectivity index (χ4v) is 2.73. The van der Waals surface area contributed by atoms with E-state index in [0.29, 0.717) is 5.92 Å². The Bertz CT molecular complexity index is 815. The maximum absolute atomic E-state index is 11.3. The number of hydrogen-bond acceptors (Lipinski definition) is 1. The molecule has 1 unspecified atom stereocenters. The molecular formula is C17H17ClN2O. The lowest BCUT2D eigenvalue weighted by molar-refractivity contribution is 0.865. The summed E-state index contributed by atoms with van der Waals surface area (Å²) in [6.45, 7) is 4.34. The van der Waals surface area contributed by atoms with Crippen LogP contribution in [0.5, 0.6) is 0 Å². The molecule has 3 nitrogen and oxygen atoms in total. The van der Waals surface area contributed by atoms with Gasteiger partial charge in [0.2, 0.25) is 0 Å². The van der Waals surface area contributed by atoms with Crippen molar-refractivity contribution in [3.8, 4) is 0 Å². The Morgan fingerprint density at radius 1 is 0.857 bits per heavy atom. The fourth-order valence-electron chi connectivity index (χ4n) is 2.45. The van der Waals surface area contributed by atoms with Crippen LogP contribution in [-0.4, -0.2) is 9.97 Å². The maximum Gasteiger partial charge on any atom is 0.323 e. The second kappa shape index (κ2) is 5.41. The first-order valence-electron chi connectivity index (χ1n) is 7.00. The van der Waals surface area contributed by atoms with Gasteiger partial charge in [-0.3, -0.25) is 0 Å². The number of benzene rings is 2. The van der Waals surface area contributed by atoms with Crippen molar-refractivity contribution < 1.29 is 0 Å². The van der Waals surface area contributed by atoms with Crippen molar-refractivity contribution in [2.45, 2.75) is 25.1 Å². The van der Waals surface area contributed by atoms with E-state index in [1.165, 1.54) is 5.56 Å². The van der Waals surface area contributed by atoms with Gasteiger partial charge in [0.15, 0.2) is 0 Å². The number of aromatic amines is 2. The van der Waals surface area contributed by atoms with Crippen LogP contribution in [0.4, 0.5) is 0 Å². The summed E-state index contributed by atoms with van der Waals surface area (Å²) in [6.07, 6.45) is 0. The topological polar surface area (TPSA) is 48.6 Å². The van der Waals surface area contributed by atoms with Crippen molar-refractivity contribution in [2.24, 2.45) is 0 Å². The van der Waals surface area contributed by atoms with Crippen LogP contribution < -0.4 is 5.69 Å². The van der Waals surface area contributed by atoms with Crippen molar-refractivity contribution in [3.05, 3.63) is 69.6 Å². The van der Waals surface area contributed by atoms with Gasteiger partial charge in [0.1, 0.15) is 0 Å². The number of H-pyrrole nitrogens is 2. The summed E-state index contributed by atoms with van der Waals surface area (Å²) in [4.78, 5) is 16.8. The minimum absolute atomic E-state index is 0.199. The molecule has 0 saturated carbocycles. The van der Waals surface area contributed by atoms with Gasteiger partial charge in [-0.25, -0.2) is 4.79 Å². The Hall–Kier alpha value is -2.00. The van der Waals surface area contributed by atoms with Gasteiger partial charge in [0.25, 0.3) is 0 Å².